The molecule has 0 aliphatic rings. The van der Waals surface area contributed by atoms with Crippen molar-refractivity contribution < 1.29 is 9.32 Å². The number of nitrogens with two attached hydrogens (primary N) is 1. The summed E-state index contributed by atoms with van der Waals surface area (Å²) < 4.78 is 4.18. The standard InChI is InChI=1S/C2H7NO2S/c1-2-6-5-4-3/h2-3H2,1H3. The van der Waals surface area contributed by atoms with Gasteiger partial charge in [0.2, 0.25) is 0 Å². The van der Waals surface area contributed by atoms with Gasteiger partial charge in [-0.1, -0.05) is 6.92 Å². The van der Waals surface area contributed by atoms with Crippen LogP contribution in [0.2, 0.25) is 0 Å². The van der Waals surface area contributed by atoms with Gasteiger partial charge in [-0.15, -0.1) is 9.32 Å². The molecule has 0 aromatic rings. The third kappa shape index (κ3) is 4.23. The molecule has 0 radical (unpaired) electrons. The van der Waals surface area contributed by atoms with E-state index in [1.807, 2.05) is 6.92 Å². The second kappa shape index (κ2) is 5.23. The molecule has 0 aromatic heterocycles. The molecule has 38 valence electrons. The van der Waals surface area contributed by atoms with E-state index in [0.29, 0.717) is 0 Å². The van der Waals surface area contributed by atoms with Gasteiger partial charge >= 0.3 is 0 Å². The summed E-state index contributed by atoms with van der Waals surface area (Å²) in [4.78, 5) is 3.75. The largest absolute Gasteiger partial charge is 0.182 e. The highest BCUT2D eigenvalue weighted by Gasteiger charge is 1.75. The smallest absolute Gasteiger partial charge is 0.0331 e. The van der Waals surface area contributed by atoms with Crippen molar-refractivity contribution in [3.63, 3.8) is 0 Å². The van der Waals surface area contributed by atoms with Crippen LogP contribution in [0.3, 0.4) is 0 Å². The zero-order valence-corrected chi connectivity index (χ0v) is 4.33. The van der Waals surface area contributed by atoms with Crippen LogP contribution in [-0.4, -0.2) is 5.75 Å². The zero-order valence-electron chi connectivity index (χ0n) is 3.51. The maximum Gasteiger partial charge on any atom is 0.0331 e. The predicted octanol–water partition coefficient (Wildman–Crippen LogP) is 0.476. The van der Waals surface area contributed by atoms with Gasteiger partial charge in [0.05, 0.1) is 0 Å². The molecule has 0 aromatic carbocycles. The maximum absolute atomic E-state index is 4.47. The van der Waals surface area contributed by atoms with Gasteiger partial charge in [-0.2, -0.15) is 5.90 Å². The summed E-state index contributed by atoms with van der Waals surface area (Å²) in [5.74, 6) is 5.32. The Morgan fingerprint density at radius 1 is 1.83 bits per heavy atom. The first-order valence-electron chi connectivity index (χ1n) is 1.56. The Morgan fingerprint density at radius 2 is 2.50 bits per heavy atom. The van der Waals surface area contributed by atoms with Crippen molar-refractivity contribution in [3.05, 3.63) is 0 Å². The fourth-order valence-electron chi connectivity index (χ4n) is 0.0759. The summed E-state index contributed by atoms with van der Waals surface area (Å²) in [5.41, 5.74) is 0. The highest BCUT2D eigenvalue weighted by atomic mass is 32.2. The Hall–Kier alpha value is 0.230. The Morgan fingerprint density at radius 3 is 2.67 bits per heavy atom. The van der Waals surface area contributed by atoms with Crippen LogP contribution >= 0.6 is 12.0 Å². The van der Waals surface area contributed by atoms with Crippen molar-refractivity contribution in [1.82, 2.24) is 0 Å². The van der Waals surface area contributed by atoms with Gasteiger partial charge in [0.25, 0.3) is 0 Å². The van der Waals surface area contributed by atoms with Crippen molar-refractivity contribution in [3.8, 4) is 0 Å². The van der Waals surface area contributed by atoms with Crippen LogP contribution in [0.1, 0.15) is 6.92 Å². The lowest BCUT2D eigenvalue weighted by atomic mass is 11.0. The van der Waals surface area contributed by atoms with Gasteiger partial charge in [-0.25, -0.2) is 0 Å². The Labute approximate surface area is 40.9 Å². The number of hydrogen-bond donors (Lipinski definition) is 1. The molecule has 0 saturated heterocycles. The molecule has 2 N–H and O–H groups in total. The zero-order chi connectivity index (χ0) is 4.83. The van der Waals surface area contributed by atoms with Crippen molar-refractivity contribution in [2.75, 3.05) is 5.75 Å². The Balaban J connectivity index is 2.34. The van der Waals surface area contributed by atoms with Crippen LogP contribution in [0.5, 0.6) is 0 Å². The van der Waals surface area contributed by atoms with Gasteiger partial charge in [-0.3, -0.25) is 0 Å². The van der Waals surface area contributed by atoms with Crippen LogP contribution < -0.4 is 5.90 Å². The average molecular weight is 109 g/mol. The molecule has 6 heavy (non-hydrogen) atoms. The molecule has 0 saturated carbocycles. The summed E-state index contributed by atoms with van der Waals surface area (Å²) in [6.07, 6.45) is 0. The molecule has 0 aliphatic heterocycles. The quantitative estimate of drug-likeness (QED) is 0.248. The lowest BCUT2D eigenvalue weighted by Gasteiger charge is -1.87. The van der Waals surface area contributed by atoms with E-state index in [1.165, 1.54) is 0 Å². The molecule has 0 heterocycles. The predicted molar refractivity (Wildman–Crippen MR) is 24.5 cm³/mol. The monoisotopic (exact) mass is 109 g/mol. The normalized spacial score (nSPS) is 9.00. The lowest BCUT2D eigenvalue weighted by Crippen LogP contribution is -1.93. The average Bonchev–Trinajstić information content (AvgIpc) is 1.61. The minimum atomic E-state index is 0.844. The molecular weight excluding hydrogens is 102 g/mol. The second-order valence-corrected chi connectivity index (χ2v) is 1.52. The third-order valence-corrected chi connectivity index (χ3v) is 0.616. The van der Waals surface area contributed by atoms with Crippen molar-refractivity contribution in [1.29, 1.82) is 0 Å². The van der Waals surface area contributed by atoms with Crippen molar-refractivity contribution in [2.45, 2.75) is 6.92 Å². The first kappa shape index (κ1) is 6.23. The molecule has 0 rings (SSSR count). The lowest BCUT2D eigenvalue weighted by molar-refractivity contribution is -0.195. The molecular formula is C2H7NO2S. The molecule has 0 fully saturated rings. The maximum atomic E-state index is 4.47. The molecule has 0 unspecified atom stereocenters. The minimum absolute atomic E-state index is 0.844. The Bertz CT molecular complexity index is 23.5. The van der Waals surface area contributed by atoms with E-state index in [2.05, 4.69) is 15.2 Å². The van der Waals surface area contributed by atoms with Crippen LogP contribution in [0.4, 0.5) is 0 Å². The summed E-state index contributed by atoms with van der Waals surface area (Å²) >= 11 is 1.16. The fourth-order valence-corrected chi connectivity index (χ4v) is 0.228. The van der Waals surface area contributed by atoms with E-state index in [0.717, 1.165) is 17.8 Å². The fraction of sp³-hybridized carbons (Fsp3) is 1.00. The van der Waals surface area contributed by atoms with Gasteiger partial charge in [0.1, 0.15) is 0 Å². The van der Waals surface area contributed by atoms with E-state index < -0.39 is 0 Å². The second-order valence-electron chi connectivity index (χ2n) is 0.571. The third-order valence-electron chi connectivity index (χ3n) is 0.205. The first-order chi connectivity index (χ1) is 2.91. The van der Waals surface area contributed by atoms with Gasteiger partial charge in [0, 0.05) is 17.8 Å². The summed E-state index contributed by atoms with van der Waals surface area (Å²) in [7, 11) is 0. The Kier molecular flexibility index (Phi) is 5.43. The van der Waals surface area contributed by atoms with E-state index in [1.54, 1.807) is 0 Å². The van der Waals surface area contributed by atoms with E-state index in [-0.39, 0.29) is 0 Å². The molecule has 0 spiro atoms. The van der Waals surface area contributed by atoms with Gasteiger partial charge in [-0.05, 0) is 0 Å². The van der Waals surface area contributed by atoms with Crippen LogP contribution in [0.15, 0.2) is 0 Å². The molecule has 0 aliphatic carbocycles. The van der Waals surface area contributed by atoms with Crippen molar-refractivity contribution >= 4 is 12.0 Å². The highest BCUT2D eigenvalue weighted by molar-refractivity contribution is 7.94. The summed E-state index contributed by atoms with van der Waals surface area (Å²) in [5, 5.41) is 0. The molecule has 0 bridgehead atoms. The number of rotatable bonds is 3. The SMILES string of the molecule is CCSOON. The van der Waals surface area contributed by atoms with Gasteiger partial charge in [0.15, 0.2) is 0 Å². The van der Waals surface area contributed by atoms with Crippen LogP contribution in [0.25, 0.3) is 0 Å². The van der Waals surface area contributed by atoms with Crippen molar-refractivity contribution in [2.24, 2.45) is 5.90 Å². The molecule has 0 atom stereocenters. The molecule has 0 amide bonds. The molecule has 3 nitrogen and oxygen atoms in total. The minimum Gasteiger partial charge on any atom is -0.182 e. The van der Waals surface area contributed by atoms with E-state index >= 15 is 0 Å². The summed E-state index contributed by atoms with van der Waals surface area (Å²) in [6, 6.07) is 0. The van der Waals surface area contributed by atoms with Crippen LogP contribution in [-0.2, 0) is 9.32 Å². The highest BCUT2D eigenvalue weighted by Crippen LogP contribution is 1.96. The van der Waals surface area contributed by atoms with E-state index in [4.69, 9.17) is 0 Å². The van der Waals surface area contributed by atoms with Gasteiger partial charge < -0.3 is 0 Å². The molecule has 4 heteroatoms. The topological polar surface area (TPSA) is 44.5 Å². The van der Waals surface area contributed by atoms with Crippen LogP contribution in [0, 0.1) is 0 Å². The summed E-state index contributed by atoms with van der Waals surface area (Å²) in [6.45, 7) is 1.93. The van der Waals surface area contributed by atoms with E-state index in [9.17, 15) is 0 Å². The first-order valence-corrected chi connectivity index (χ1v) is 2.48. The number of hydrogen-bond acceptors (Lipinski definition) is 4.